The van der Waals surface area contributed by atoms with E-state index in [2.05, 4.69) is 30.3 Å². The molecule has 0 bridgehead atoms. The van der Waals surface area contributed by atoms with Gasteiger partial charge in [-0.25, -0.2) is 0 Å². The van der Waals surface area contributed by atoms with E-state index in [1.165, 1.54) is 44.1 Å². The van der Waals surface area contributed by atoms with Crippen LogP contribution in [0.3, 0.4) is 0 Å². The van der Waals surface area contributed by atoms with Gasteiger partial charge < -0.3 is 9.05 Å². The average Bonchev–Trinajstić information content (AvgIpc) is 2.29. The molecule has 0 aromatic heterocycles. The van der Waals surface area contributed by atoms with Crippen molar-refractivity contribution < 1.29 is 9.05 Å². The molecule has 1 aromatic carbocycles. The second kappa shape index (κ2) is 6.14. The van der Waals surface area contributed by atoms with Gasteiger partial charge in [-0.3, -0.25) is 0 Å². The van der Waals surface area contributed by atoms with Crippen molar-refractivity contribution in [1.82, 2.24) is 0 Å². The summed E-state index contributed by atoms with van der Waals surface area (Å²) in [5.41, 5.74) is 1.34. The van der Waals surface area contributed by atoms with E-state index < -0.39 is 8.38 Å². The smallest absolute Gasteiger partial charge is 0.175 e. The van der Waals surface area contributed by atoms with Crippen molar-refractivity contribution in [2.45, 2.75) is 56.9 Å². The maximum absolute atomic E-state index is 6.14. The number of rotatable bonds is 6. The fourth-order valence-electron chi connectivity index (χ4n) is 2.12. The summed E-state index contributed by atoms with van der Waals surface area (Å²) in [6.07, 6.45) is 9.43. The molecule has 0 spiro atoms. The van der Waals surface area contributed by atoms with Gasteiger partial charge in [-0.15, -0.1) is 0 Å². The Balaban J connectivity index is 1.56. The van der Waals surface area contributed by atoms with Crippen LogP contribution in [0.15, 0.2) is 30.3 Å². The predicted molar refractivity (Wildman–Crippen MR) is 74.5 cm³/mol. The molecule has 0 atom stereocenters. The summed E-state index contributed by atoms with van der Waals surface area (Å²) in [5.74, 6) is 0. The zero-order chi connectivity index (χ0) is 12.2. The first-order valence-corrected chi connectivity index (χ1v) is 8.41. The number of benzene rings is 1. The summed E-state index contributed by atoms with van der Waals surface area (Å²) < 4.78 is 12.3. The normalized spacial score (nSPS) is 20.7. The Hall–Kier alpha value is -0.430. The van der Waals surface area contributed by atoms with Gasteiger partial charge in [-0.1, -0.05) is 30.3 Å². The van der Waals surface area contributed by atoms with Crippen LogP contribution < -0.4 is 0 Å². The minimum atomic E-state index is -0.725. The van der Waals surface area contributed by atoms with Crippen LogP contribution in [0, 0.1) is 0 Å². The van der Waals surface area contributed by atoms with Crippen LogP contribution in [0.5, 0.6) is 0 Å². The van der Waals surface area contributed by atoms with E-state index >= 15 is 0 Å². The average molecular weight is 264 g/mol. The van der Waals surface area contributed by atoms with E-state index in [1.807, 2.05) is 0 Å². The van der Waals surface area contributed by atoms with Crippen molar-refractivity contribution in [3.63, 3.8) is 0 Å². The molecule has 0 unspecified atom stereocenters. The first-order valence-electron chi connectivity index (χ1n) is 7.05. The fourth-order valence-corrected chi connectivity index (χ4v) is 3.91. The summed E-state index contributed by atoms with van der Waals surface area (Å²) in [6, 6.07) is 10.6. The molecule has 2 saturated carbocycles. The van der Waals surface area contributed by atoms with Crippen molar-refractivity contribution in [1.29, 1.82) is 0 Å². The Morgan fingerprint density at radius 2 is 1.44 bits per heavy atom. The molecule has 2 nitrogen and oxygen atoms in total. The lowest BCUT2D eigenvalue weighted by atomic mass is 9.97. The highest BCUT2D eigenvalue weighted by molar-refractivity contribution is 7.46. The standard InChI is InChI=1S/C15H21O2P/c1-2-6-13(7-3-1)12-18(16-14-8-4-9-14)17-15-10-5-11-15/h1-3,6-7,14-15H,4-5,8-12H2. The van der Waals surface area contributed by atoms with Gasteiger partial charge in [0, 0.05) is 6.16 Å². The van der Waals surface area contributed by atoms with Gasteiger partial charge in [0.2, 0.25) is 0 Å². The molecule has 2 aliphatic carbocycles. The first kappa shape index (κ1) is 12.6. The van der Waals surface area contributed by atoms with E-state index in [0.717, 1.165) is 6.16 Å². The van der Waals surface area contributed by atoms with E-state index in [-0.39, 0.29) is 0 Å². The van der Waals surface area contributed by atoms with Crippen LogP contribution in [0.1, 0.15) is 44.1 Å². The summed E-state index contributed by atoms with van der Waals surface area (Å²) in [7, 11) is -0.725. The molecule has 18 heavy (non-hydrogen) atoms. The Bertz CT molecular complexity index is 344. The quantitative estimate of drug-likeness (QED) is 0.697. The van der Waals surface area contributed by atoms with Crippen molar-refractivity contribution in [2.24, 2.45) is 0 Å². The Kier molecular flexibility index (Phi) is 4.30. The molecule has 3 rings (SSSR count). The van der Waals surface area contributed by atoms with Gasteiger partial charge >= 0.3 is 0 Å². The van der Waals surface area contributed by atoms with Crippen molar-refractivity contribution in [3.05, 3.63) is 35.9 Å². The molecule has 0 radical (unpaired) electrons. The lowest BCUT2D eigenvalue weighted by Crippen LogP contribution is -2.24. The Morgan fingerprint density at radius 3 is 1.89 bits per heavy atom. The van der Waals surface area contributed by atoms with Crippen LogP contribution in [0.25, 0.3) is 0 Å². The molecule has 2 aliphatic rings. The second-order valence-electron chi connectivity index (χ2n) is 5.29. The minimum absolute atomic E-state index is 0.472. The maximum atomic E-state index is 6.14. The van der Waals surface area contributed by atoms with Crippen molar-refractivity contribution >= 4 is 8.38 Å². The van der Waals surface area contributed by atoms with Crippen LogP contribution in [-0.4, -0.2) is 12.2 Å². The number of hydrogen-bond acceptors (Lipinski definition) is 2. The zero-order valence-electron chi connectivity index (χ0n) is 10.8. The third-order valence-electron chi connectivity index (χ3n) is 3.79. The molecule has 98 valence electrons. The predicted octanol–water partition coefficient (Wildman–Crippen LogP) is 4.64. The Labute approximate surface area is 111 Å². The van der Waals surface area contributed by atoms with Gasteiger partial charge in [0.05, 0.1) is 12.2 Å². The minimum Gasteiger partial charge on any atom is -0.330 e. The molecule has 0 N–H and O–H groups in total. The summed E-state index contributed by atoms with van der Waals surface area (Å²) in [4.78, 5) is 0. The van der Waals surface area contributed by atoms with E-state index in [0.29, 0.717) is 12.2 Å². The molecule has 3 heteroatoms. The molecule has 2 fully saturated rings. The zero-order valence-corrected chi connectivity index (χ0v) is 11.6. The van der Waals surface area contributed by atoms with Gasteiger partial charge in [0.1, 0.15) is 0 Å². The largest absolute Gasteiger partial charge is 0.330 e. The van der Waals surface area contributed by atoms with Crippen molar-refractivity contribution in [2.75, 3.05) is 0 Å². The maximum Gasteiger partial charge on any atom is 0.175 e. The van der Waals surface area contributed by atoms with Gasteiger partial charge in [0.25, 0.3) is 0 Å². The van der Waals surface area contributed by atoms with E-state index in [9.17, 15) is 0 Å². The molecule has 0 heterocycles. The second-order valence-corrected chi connectivity index (χ2v) is 6.70. The first-order chi connectivity index (χ1) is 8.90. The Morgan fingerprint density at radius 1 is 0.889 bits per heavy atom. The molecular formula is C15H21O2P. The molecule has 1 aromatic rings. The van der Waals surface area contributed by atoms with Crippen LogP contribution in [0.2, 0.25) is 0 Å². The van der Waals surface area contributed by atoms with Crippen molar-refractivity contribution in [3.8, 4) is 0 Å². The summed E-state index contributed by atoms with van der Waals surface area (Å²) >= 11 is 0. The topological polar surface area (TPSA) is 18.5 Å². The molecular weight excluding hydrogens is 243 g/mol. The highest BCUT2D eigenvalue weighted by Crippen LogP contribution is 2.49. The van der Waals surface area contributed by atoms with E-state index in [4.69, 9.17) is 9.05 Å². The van der Waals surface area contributed by atoms with Gasteiger partial charge in [-0.05, 0) is 44.1 Å². The summed E-state index contributed by atoms with van der Waals surface area (Å²) in [5, 5.41) is 0. The highest BCUT2D eigenvalue weighted by Gasteiger charge is 2.28. The SMILES string of the molecule is c1ccc(CP(OC2CCC2)OC2CCC2)cc1. The van der Waals surface area contributed by atoms with E-state index in [1.54, 1.807) is 0 Å². The van der Waals surface area contributed by atoms with Crippen LogP contribution >= 0.6 is 8.38 Å². The molecule has 0 saturated heterocycles. The van der Waals surface area contributed by atoms with Crippen LogP contribution in [0.4, 0.5) is 0 Å². The van der Waals surface area contributed by atoms with Gasteiger partial charge in [0.15, 0.2) is 8.38 Å². The third kappa shape index (κ3) is 3.32. The third-order valence-corrected chi connectivity index (χ3v) is 5.48. The summed E-state index contributed by atoms with van der Waals surface area (Å²) in [6.45, 7) is 0. The molecule has 0 aliphatic heterocycles. The number of hydrogen-bond donors (Lipinski definition) is 0. The lowest BCUT2D eigenvalue weighted by molar-refractivity contribution is 0.0697. The highest BCUT2D eigenvalue weighted by atomic mass is 31.2. The van der Waals surface area contributed by atoms with Crippen LogP contribution in [-0.2, 0) is 15.2 Å². The molecule has 0 amide bonds. The lowest BCUT2D eigenvalue weighted by Gasteiger charge is -2.34. The monoisotopic (exact) mass is 264 g/mol. The fraction of sp³-hybridized carbons (Fsp3) is 0.600. The van der Waals surface area contributed by atoms with Gasteiger partial charge in [-0.2, -0.15) is 0 Å².